The minimum Gasteiger partial charge on any atom is -0.392 e. The van der Waals surface area contributed by atoms with Crippen molar-refractivity contribution in [3.05, 3.63) is 44.2 Å². The zero-order valence-corrected chi connectivity index (χ0v) is 26.0. The highest BCUT2D eigenvalue weighted by Crippen LogP contribution is 2.61. The molecule has 262 valence electrons. The van der Waals surface area contributed by atoms with Crippen LogP contribution >= 0.6 is 15.6 Å². The zero-order valence-electron chi connectivity index (χ0n) is 24.2. The van der Waals surface area contributed by atoms with E-state index in [1.165, 1.54) is 26.1 Å². The number of H-pyrrole nitrogens is 1. The summed E-state index contributed by atoms with van der Waals surface area (Å²) in [5.74, 6) is 0. The van der Waals surface area contributed by atoms with Gasteiger partial charge in [-0.3, -0.25) is 23.4 Å². The van der Waals surface area contributed by atoms with E-state index in [4.69, 9.17) is 14.0 Å². The first-order chi connectivity index (χ1) is 21.3. The molecule has 0 radical (unpaired) electrons. The van der Waals surface area contributed by atoms with Gasteiger partial charge in [0.25, 0.3) is 5.56 Å². The topological polar surface area (TPSA) is 329 Å². The van der Waals surface area contributed by atoms with Crippen LogP contribution in [-0.2, 0) is 32.0 Å². The average Bonchev–Trinajstić information content (AvgIpc) is 3.33. The molecule has 23 heteroatoms. The maximum Gasteiger partial charge on any atom is 0.483 e. The van der Waals surface area contributed by atoms with Gasteiger partial charge in [0.1, 0.15) is 42.9 Å². The molecular formula is C23H37N3O18P2. The number of aliphatic hydroxyl groups is 7. The normalized spacial score (nSPS) is 39.4. The first-order valence-electron chi connectivity index (χ1n) is 13.8. The Morgan fingerprint density at radius 1 is 1.02 bits per heavy atom. The third-order valence-electron chi connectivity index (χ3n) is 7.74. The molecule has 4 rings (SSSR count). The number of aromatic nitrogens is 2. The second kappa shape index (κ2) is 14.4. The summed E-state index contributed by atoms with van der Waals surface area (Å²) in [4.78, 5) is 45.9. The lowest BCUT2D eigenvalue weighted by Crippen LogP contribution is -2.66. The number of phosphoric acid groups is 2. The maximum absolute atomic E-state index is 12.6. The molecule has 0 spiro atoms. The van der Waals surface area contributed by atoms with Crippen LogP contribution in [0.2, 0.25) is 0 Å². The fourth-order valence-corrected chi connectivity index (χ4v) is 7.38. The molecular weight excluding hydrogens is 668 g/mol. The van der Waals surface area contributed by atoms with E-state index in [0.717, 1.165) is 4.57 Å². The zero-order chi connectivity index (χ0) is 34.3. The van der Waals surface area contributed by atoms with Gasteiger partial charge in [0.2, 0.25) is 0 Å². The van der Waals surface area contributed by atoms with Crippen molar-refractivity contribution in [3.8, 4) is 0 Å². The van der Waals surface area contributed by atoms with E-state index in [1.54, 1.807) is 0 Å². The third kappa shape index (κ3) is 8.28. The van der Waals surface area contributed by atoms with E-state index in [9.17, 15) is 64.3 Å². The van der Waals surface area contributed by atoms with Crippen molar-refractivity contribution < 1.29 is 77.5 Å². The standard InChI is InChI=1S/C23H37N3O18P2/c1-8-5-26(23(35)25-21(8)34)14-4-12(28)13(42-14)7-40-45(36,37)44-46(38,39)43-22-20(33)18(31)15(9(2)41-22)24-11-3-10(6-27)16(29)19(32)17(11)30/h3,5,9,11-20,22,24,27-33H,4,6-7H2,1-2H3,(H,36,37)(H,38,39)(H,25,34,35)/t9-,11?,12+,13-,14-,15-,16-,17+,18+,19+,20-,22-/m1/s1. The van der Waals surface area contributed by atoms with Gasteiger partial charge in [-0.2, -0.15) is 4.31 Å². The van der Waals surface area contributed by atoms with Gasteiger partial charge in [0.15, 0.2) is 6.29 Å². The van der Waals surface area contributed by atoms with Crippen LogP contribution in [0.3, 0.4) is 0 Å². The molecule has 3 unspecified atom stereocenters. The number of aryl methyl sites for hydroxylation is 1. The van der Waals surface area contributed by atoms with Crippen LogP contribution in [0.4, 0.5) is 0 Å². The maximum atomic E-state index is 12.6. The predicted molar refractivity (Wildman–Crippen MR) is 149 cm³/mol. The number of ether oxygens (including phenoxy) is 2. The Balaban J connectivity index is 1.33. The lowest BCUT2D eigenvalue weighted by molar-refractivity contribution is -0.248. The molecule has 11 N–H and O–H groups in total. The fourth-order valence-electron chi connectivity index (χ4n) is 5.22. The molecule has 1 aromatic rings. The number of phosphoric ester groups is 2. The Labute approximate surface area is 259 Å². The van der Waals surface area contributed by atoms with Gasteiger partial charge in [-0.25, -0.2) is 13.9 Å². The van der Waals surface area contributed by atoms with Crippen molar-refractivity contribution in [3.63, 3.8) is 0 Å². The van der Waals surface area contributed by atoms with E-state index in [-0.39, 0.29) is 17.6 Å². The molecule has 0 amide bonds. The van der Waals surface area contributed by atoms with Gasteiger partial charge in [0.05, 0.1) is 37.5 Å². The highest BCUT2D eigenvalue weighted by atomic mass is 31.3. The quantitative estimate of drug-likeness (QED) is 0.0764. The largest absolute Gasteiger partial charge is 0.483 e. The third-order valence-corrected chi connectivity index (χ3v) is 10.3. The molecule has 2 fully saturated rings. The van der Waals surface area contributed by atoms with Crippen molar-refractivity contribution in [1.29, 1.82) is 0 Å². The van der Waals surface area contributed by atoms with Crippen molar-refractivity contribution in [1.82, 2.24) is 14.9 Å². The molecule has 3 aliphatic rings. The average molecular weight is 706 g/mol. The number of aliphatic hydroxyl groups excluding tert-OH is 7. The number of nitrogens with zero attached hydrogens (tertiary/aromatic N) is 1. The van der Waals surface area contributed by atoms with Gasteiger partial charge >= 0.3 is 21.3 Å². The van der Waals surface area contributed by atoms with Crippen molar-refractivity contribution >= 4 is 15.6 Å². The second-order valence-electron chi connectivity index (χ2n) is 11.1. The Morgan fingerprint density at radius 3 is 2.35 bits per heavy atom. The summed E-state index contributed by atoms with van der Waals surface area (Å²) in [5.41, 5.74) is -1.33. The Hall–Kier alpha value is -1.72. The van der Waals surface area contributed by atoms with Gasteiger partial charge in [0, 0.05) is 18.2 Å². The molecule has 0 bridgehead atoms. The Morgan fingerprint density at radius 2 is 1.70 bits per heavy atom. The van der Waals surface area contributed by atoms with Gasteiger partial charge < -0.3 is 60.3 Å². The van der Waals surface area contributed by atoms with Crippen molar-refractivity contribution in [2.24, 2.45) is 0 Å². The summed E-state index contributed by atoms with van der Waals surface area (Å²) in [7, 11) is -11.0. The number of aromatic amines is 1. The lowest BCUT2D eigenvalue weighted by atomic mass is 9.86. The first-order valence-corrected chi connectivity index (χ1v) is 16.8. The summed E-state index contributed by atoms with van der Waals surface area (Å²) in [6.45, 7) is 1.22. The highest BCUT2D eigenvalue weighted by molar-refractivity contribution is 7.61. The molecule has 1 aromatic heterocycles. The van der Waals surface area contributed by atoms with E-state index >= 15 is 0 Å². The van der Waals surface area contributed by atoms with Crippen LogP contribution in [-0.4, -0.2) is 136 Å². The molecule has 2 saturated heterocycles. The molecule has 21 nitrogen and oxygen atoms in total. The minimum absolute atomic E-state index is 0.0295. The first kappa shape index (κ1) is 37.1. The van der Waals surface area contributed by atoms with Crippen LogP contribution in [0.15, 0.2) is 27.4 Å². The molecule has 3 heterocycles. The van der Waals surface area contributed by atoms with Crippen LogP contribution < -0.4 is 16.6 Å². The summed E-state index contributed by atoms with van der Waals surface area (Å²) in [6.07, 6.45) is -13.6. The van der Waals surface area contributed by atoms with E-state index < -0.39 is 114 Å². The van der Waals surface area contributed by atoms with E-state index in [0.29, 0.717) is 0 Å². The van der Waals surface area contributed by atoms with E-state index in [2.05, 4.69) is 19.1 Å². The summed E-state index contributed by atoms with van der Waals surface area (Å²) in [5, 5.41) is 74.0. The van der Waals surface area contributed by atoms with E-state index in [1.807, 2.05) is 0 Å². The fraction of sp³-hybridized carbons (Fsp3) is 0.739. The van der Waals surface area contributed by atoms with Crippen LogP contribution in [0.25, 0.3) is 0 Å². The number of rotatable bonds is 11. The summed E-state index contributed by atoms with van der Waals surface area (Å²) >= 11 is 0. The van der Waals surface area contributed by atoms with Crippen molar-refractivity contribution in [2.75, 3.05) is 13.2 Å². The molecule has 0 aromatic carbocycles. The molecule has 0 saturated carbocycles. The molecule has 14 atom stereocenters. The van der Waals surface area contributed by atoms with Gasteiger partial charge in [-0.05, 0) is 19.4 Å². The molecule has 46 heavy (non-hydrogen) atoms. The SMILES string of the molecule is Cc1cn([C@H]2C[C@H](O)[C@@H](COP(=O)(O)OP(=O)(O)O[C@H]3O[C@H](C)[C@@H](NC4C=C(CO)[C@@H](O)[C@H](O)[C@H]4O)[C@H](O)[C@H]3O)O2)c(=O)[nH]c1=O. The number of nitrogens with one attached hydrogen (secondary N) is 2. The predicted octanol–water partition coefficient (Wildman–Crippen LogP) is -4.45. The lowest BCUT2D eigenvalue weighted by Gasteiger charge is -2.44. The minimum atomic E-state index is -5.59. The second-order valence-corrected chi connectivity index (χ2v) is 14.1. The number of hydrogen-bond donors (Lipinski definition) is 11. The monoisotopic (exact) mass is 705 g/mol. The van der Waals surface area contributed by atoms with Crippen LogP contribution in [0, 0.1) is 6.92 Å². The van der Waals surface area contributed by atoms with Crippen LogP contribution in [0.1, 0.15) is 25.1 Å². The van der Waals surface area contributed by atoms with Gasteiger partial charge in [-0.15, -0.1) is 0 Å². The molecule has 2 aliphatic heterocycles. The van der Waals surface area contributed by atoms with Crippen LogP contribution in [0.5, 0.6) is 0 Å². The summed E-state index contributed by atoms with van der Waals surface area (Å²) < 4.78 is 50.5. The smallest absolute Gasteiger partial charge is 0.392 e. The number of hydrogen-bond acceptors (Lipinski definition) is 17. The van der Waals surface area contributed by atoms with Gasteiger partial charge in [-0.1, -0.05) is 6.08 Å². The summed E-state index contributed by atoms with van der Waals surface area (Å²) in [6, 6.07) is -2.38. The highest BCUT2D eigenvalue weighted by Gasteiger charge is 2.49. The Kier molecular flexibility index (Phi) is 11.6. The van der Waals surface area contributed by atoms with Crippen molar-refractivity contribution in [2.45, 2.75) is 93.7 Å². The molecule has 1 aliphatic carbocycles. The Bertz CT molecular complexity index is 1490.